The molecule has 0 spiro atoms. The zero-order chi connectivity index (χ0) is 14.7. The first-order chi connectivity index (χ1) is 8.56. The van der Waals surface area contributed by atoms with Gasteiger partial charge in [-0.05, 0) is 34.7 Å². The molecule has 0 saturated heterocycles. The summed E-state index contributed by atoms with van der Waals surface area (Å²) in [7, 11) is 10.6. The second-order valence-corrected chi connectivity index (χ2v) is 6.42. The van der Waals surface area contributed by atoms with Crippen molar-refractivity contribution in [3.8, 4) is 0 Å². The molecule has 5 nitrogen and oxygen atoms in total. The lowest BCUT2D eigenvalue weighted by atomic mass is 9.96. The molecule has 0 aliphatic carbocycles. The van der Waals surface area contributed by atoms with Crippen LogP contribution in [0.3, 0.4) is 0 Å². The molecule has 1 unspecified atom stereocenters. The van der Waals surface area contributed by atoms with Gasteiger partial charge in [0.15, 0.2) is 0 Å². The van der Waals surface area contributed by atoms with Crippen molar-refractivity contribution >= 4 is 5.84 Å². The van der Waals surface area contributed by atoms with Crippen LogP contribution in [0.25, 0.3) is 0 Å². The summed E-state index contributed by atoms with van der Waals surface area (Å²) in [6.45, 7) is 8.82. The first-order valence-electron chi connectivity index (χ1n) is 6.75. The van der Waals surface area contributed by atoms with E-state index in [1.165, 1.54) is 5.82 Å². The van der Waals surface area contributed by atoms with Crippen molar-refractivity contribution in [2.45, 2.75) is 39.0 Å². The van der Waals surface area contributed by atoms with Crippen LogP contribution in [-0.4, -0.2) is 72.0 Å². The number of nitrogens with zero attached hydrogens (tertiary/aromatic N) is 5. The van der Waals surface area contributed by atoms with Crippen molar-refractivity contribution in [2.75, 3.05) is 35.2 Å². The number of aliphatic imine (C=N–C) groups is 1. The topological polar surface area (TPSA) is 25.3 Å². The summed E-state index contributed by atoms with van der Waals surface area (Å²) in [5.41, 5.74) is 0.855. The number of rotatable bonds is 1. The van der Waals surface area contributed by atoms with E-state index in [1.54, 1.807) is 0 Å². The van der Waals surface area contributed by atoms with Crippen LogP contribution in [0.5, 0.6) is 0 Å². The molecule has 1 atom stereocenters. The van der Waals surface area contributed by atoms with Gasteiger partial charge in [0.1, 0.15) is 23.0 Å². The molecule has 0 fully saturated rings. The van der Waals surface area contributed by atoms with Crippen LogP contribution in [0.1, 0.15) is 27.7 Å². The van der Waals surface area contributed by atoms with E-state index in [1.807, 2.05) is 0 Å². The lowest BCUT2D eigenvalue weighted by Gasteiger charge is -2.58. The highest BCUT2D eigenvalue weighted by atomic mass is 15.6. The summed E-state index contributed by atoms with van der Waals surface area (Å²) in [5, 5.41) is 0. The summed E-state index contributed by atoms with van der Waals surface area (Å²) in [6, 6.07) is 0. The van der Waals surface area contributed by atoms with Gasteiger partial charge in [0.25, 0.3) is 0 Å². The number of fused-ring (bicyclic) bond motifs is 1. The highest BCUT2D eigenvalue weighted by Crippen LogP contribution is 2.45. The molecular weight excluding hydrogens is 238 g/mol. The highest BCUT2D eigenvalue weighted by Gasteiger charge is 2.55. The lowest BCUT2D eigenvalue weighted by Crippen LogP contribution is -2.70. The molecule has 5 heteroatoms. The molecular formula is C14H27N5. The van der Waals surface area contributed by atoms with Crippen molar-refractivity contribution < 1.29 is 0 Å². The Bertz CT molecular complexity index is 462. The maximum atomic E-state index is 4.83. The van der Waals surface area contributed by atoms with Gasteiger partial charge in [0.05, 0.1) is 5.66 Å². The smallest absolute Gasteiger partial charge is 0.140 e. The summed E-state index contributed by atoms with van der Waals surface area (Å²) in [4.78, 5) is 14.0. The monoisotopic (exact) mass is 265 g/mol. The summed E-state index contributed by atoms with van der Waals surface area (Å²) in [5.74, 6) is 2.25. The number of hydrogen-bond donors (Lipinski definition) is 0. The van der Waals surface area contributed by atoms with Crippen molar-refractivity contribution in [1.29, 1.82) is 0 Å². The molecule has 19 heavy (non-hydrogen) atoms. The molecule has 2 heterocycles. The van der Waals surface area contributed by atoms with Gasteiger partial charge in [-0.25, -0.2) is 4.99 Å². The Morgan fingerprint density at radius 1 is 1.00 bits per heavy atom. The zero-order valence-electron chi connectivity index (χ0n) is 13.7. The van der Waals surface area contributed by atoms with E-state index in [2.05, 4.69) is 82.5 Å². The van der Waals surface area contributed by atoms with Crippen LogP contribution in [-0.2, 0) is 0 Å². The van der Waals surface area contributed by atoms with Crippen molar-refractivity contribution in [2.24, 2.45) is 4.99 Å². The minimum absolute atomic E-state index is 0.0771. The van der Waals surface area contributed by atoms with E-state index in [4.69, 9.17) is 4.99 Å². The average Bonchev–Trinajstić information content (AvgIpc) is 2.53. The Balaban J connectivity index is 2.74. The van der Waals surface area contributed by atoms with E-state index in [0.29, 0.717) is 0 Å². The maximum absolute atomic E-state index is 4.83. The Morgan fingerprint density at radius 3 is 2.00 bits per heavy atom. The van der Waals surface area contributed by atoms with Gasteiger partial charge in [-0.1, -0.05) is 0 Å². The molecule has 0 aromatic heterocycles. The third-order valence-electron chi connectivity index (χ3n) is 5.11. The van der Waals surface area contributed by atoms with E-state index in [0.717, 1.165) is 11.5 Å². The van der Waals surface area contributed by atoms with Crippen molar-refractivity contribution in [1.82, 2.24) is 19.6 Å². The molecule has 0 bridgehead atoms. The molecule has 108 valence electrons. The van der Waals surface area contributed by atoms with Crippen molar-refractivity contribution in [3.63, 3.8) is 0 Å². The quantitative estimate of drug-likeness (QED) is 0.716. The fraction of sp³-hybridized carbons (Fsp3) is 0.786. The Labute approximate surface area is 117 Å². The summed E-state index contributed by atoms with van der Waals surface area (Å²) in [6.07, 6.45) is 0. The minimum Gasteiger partial charge on any atom is -0.363 e. The SMILES string of the molecule is CC1=NC2=C(N(C)C)N(C)C(C)(C)N(C)C2(C)N1C. The molecule has 0 aromatic rings. The molecule has 0 aromatic carbocycles. The molecule has 2 aliphatic heterocycles. The predicted octanol–water partition coefficient (Wildman–Crippen LogP) is 1.41. The standard InChI is InChI=1S/C14H27N5/c1-10-15-11-12(16(5)6)18(8)13(2,3)19(9)14(11,4)17(10)7/h1-9H3. The summed E-state index contributed by atoms with van der Waals surface area (Å²) < 4.78 is 0. The number of likely N-dealkylation sites (N-methyl/N-ethyl adjacent to an activating group) is 2. The molecule has 0 radical (unpaired) electrons. The molecule has 0 saturated carbocycles. The van der Waals surface area contributed by atoms with Crippen LogP contribution < -0.4 is 0 Å². The van der Waals surface area contributed by atoms with E-state index in [9.17, 15) is 0 Å². The number of hydrogen-bond acceptors (Lipinski definition) is 5. The van der Waals surface area contributed by atoms with Gasteiger partial charge in [0, 0.05) is 28.2 Å². The Hall–Kier alpha value is -1.23. The number of amidine groups is 1. The van der Waals surface area contributed by atoms with Gasteiger partial charge in [-0.15, -0.1) is 0 Å². The molecule has 0 N–H and O–H groups in total. The van der Waals surface area contributed by atoms with Crippen LogP contribution in [0.15, 0.2) is 16.5 Å². The molecule has 2 aliphatic rings. The van der Waals surface area contributed by atoms with Crippen LogP contribution in [0, 0.1) is 0 Å². The first-order valence-corrected chi connectivity index (χ1v) is 6.75. The Kier molecular flexibility index (Phi) is 2.90. The van der Waals surface area contributed by atoms with Crippen LogP contribution in [0.2, 0.25) is 0 Å². The summed E-state index contributed by atoms with van der Waals surface area (Å²) >= 11 is 0. The minimum atomic E-state index is -0.195. The third kappa shape index (κ3) is 1.54. The fourth-order valence-electron chi connectivity index (χ4n) is 3.15. The molecule has 0 amide bonds. The average molecular weight is 265 g/mol. The normalized spacial score (nSPS) is 30.7. The lowest BCUT2D eigenvalue weighted by molar-refractivity contribution is -0.101. The third-order valence-corrected chi connectivity index (χ3v) is 5.11. The zero-order valence-corrected chi connectivity index (χ0v) is 13.7. The van der Waals surface area contributed by atoms with E-state index >= 15 is 0 Å². The maximum Gasteiger partial charge on any atom is 0.140 e. The van der Waals surface area contributed by atoms with Gasteiger partial charge < -0.3 is 14.7 Å². The van der Waals surface area contributed by atoms with Gasteiger partial charge in [-0.3, -0.25) is 4.90 Å². The second-order valence-electron chi connectivity index (χ2n) is 6.42. The Morgan fingerprint density at radius 2 is 1.53 bits per heavy atom. The fourth-order valence-corrected chi connectivity index (χ4v) is 3.15. The second kappa shape index (κ2) is 3.88. The van der Waals surface area contributed by atoms with Gasteiger partial charge >= 0.3 is 0 Å². The van der Waals surface area contributed by atoms with Crippen molar-refractivity contribution in [3.05, 3.63) is 11.5 Å². The predicted molar refractivity (Wildman–Crippen MR) is 79.6 cm³/mol. The van der Waals surface area contributed by atoms with E-state index in [-0.39, 0.29) is 11.3 Å². The largest absolute Gasteiger partial charge is 0.363 e. The van der Waals surface area contributed by atoms with Gasteiger partial charge in [0.2, 0.25) is 0 Å². The first kappa shape index (κ1) is 14.2. The molecule has 2 rings (SSSR count). The van der Waals surface area contributed by atoms with E-state index < -0.39 is 0 Å². The van der Waals surface area contributed by atoms with Gasteiger partial charge in [-0.2, -0.15) is 0 Å². The van der Waals surface area contributed by atoms with Crippen LogP contribution in [0.4, 0.5) is 0 Å². The highest BCUT2D eigenvalue weighted by molar-refractivity contribution is 5.85. The van der Waals surface area contributed by atoms with Crippen LogP contribution >= 0.6 is 0 Å².